The van der Waals surface area contributed by atoms with E-state index in [0.717, 1.165) is 60.5 Å². The first-order valence-electron chi connectivity index (χ1n) is 12.3. The summed E-state index contributed by atoms with van der Waals surface area (Å²) in [6.45, 7) is 0. The highest BCUT2D eigenvalue weighted by atomic mass is 79.9. The minimum atomic E-state index is -0.559. The van der Waals surface area contributed by atoms with E-state index in [0.29, 0.717) is 10.0 Å². The zero-order chi connectivity index (χ0) is 26.7. The van der Waals surface area contributed by atoms with Gasteiger partial charge in [0.15, 0.2) is 0 Å². The van der Waals surface area contributed by atoms with Gasteiger partial charge in [0, 0.05) is 31.3 Å². The van der Waals surface area contributed by atoms with E-state index in [1.807, 2.05) is 102 Å². The number of anilines is 1. The van der Waals surface area contributed by atoms with E-state index in [1.165, 1.54) is 0 Å². The molecule has 190 valence electrons. The van der Waals surface area contributed by atoms with Gasteiger partial charge in [0.1, 0.15) is 11.3 Å². The minimum Gasteiger partial charge on any atom is -0.339 e. The second kappa shape index (κ2) is 9.42. The molecule has 0 aliphatic carbocycles. The van der Waals surface area contributed by atoms with Crippen LogP contribution in [-0.4, -0.2) is 20.7 Å². The molecule has 1 aliphatic heterocycles. The highest BCUT2D eigenvalue weighted by Crippen LogP contribution is 2.48. The van der Waals surface area contributed by atoms with Crippen molar-refractivity contribution in [1.29, 1.82) is 0 Å². The number of amides is 1. The van der Waals surface area contributed by atoms with Crippen LogP contribution in [-0.2, 0) is 4.79 Å². The maximum Gasteiger partial charge on any atom is 0.236 e. The quantitative estimate of drug-likeness (QED) is 0.209. The molecule has 5 nitrogen and oxygen atoms in total. The third-order valence-corrected chi connectivity index (χ3v) is 8.05. The topological polar surface area (TPSA) is 62.7 Å². The molecule has 1 aliphatic rings. The first kappa shape index (κ1) is 24.2. The van der Waals surface area contributed by atoms with E-state index in [2.05, 4.69) is 26.2 Å². The lowest BCUT2D eigenvalue weighted by Crippen LogP contribution is -2.14. The van der Waals surface area contributed by atoms with Crippen LogP contribution in [0.5, 0.6) is 0 Å². The van der Waals surface area contributed by atoms with Crippen LogP contribution in [0.15, 0.2) is 102 Å². The van der Waals surface area contributed by atoms with Gasteiger partial charge in [0.2, 0.25) is 5.91 Å². The number of hydrogen-bond donors (Lipinski definition) is 2. The number of fused-ring (bicyclic) bond motifs is 2. The van der Waals surface area contributed by atoms with Gasteiger partial charge in [-0.15, -0.1) is 0 Å². The third kappa shape index (κ3) is 4.07. The number of nitrogens with zero attached hydrogens (tertiary/aromatic N) is 2. The smallest absolute Gasteiger partial charge is 0.236 e. The third-order valence-electron chi connectivity index (χ3n) is 7.05. The van der Waals surface area contributed by atoms with Crippen molar-refractivity contribution >= 4 is 61.8 Å². The fraction of sp³-hybridized carbons (Fsp3) is 0.0323. The Labute approximate surface area is 242 Å². The number of carbonyl (C=O) groups excluding carboxylic acids is 1. The molecule has 1 amide bonds. The summed E-state index contributed by atoms with van der Waals surface area (Å²) in [6.07, 6.45) is 0. The molecule has 1 atom stereocenters. The summed E-state index contributed by atoms with van der Waals surface area (Å²) in [6, 6.07) is 31.1. The summed E-state index contributed by atoms with van der Waals surface area (Å²) < 4.78 is 2.80. The minimum absolute atomic E-state index is 0.0891. The van der Waals surface area contributed by atoms with Crippen LogP contribution >= 0.6 is 39.1 Å². The molecule has 0 fully saturated rings. The summed E-state index contributed by atoms with van der Waals surface area (Å²) in [5.74, 6) is -0.648. The van der Waals surface area contributed by atoms with E-state index in [9.17, 15) is 4.79 Å². The number of aromatic nitrogens is 3. The van der Waals surface area contributed by atoms with Crippen molar-refractivity contribution in [3.05, 3.63) is 123 Å². The van der Waals surface area contributed by atoms with E-state index < -0.39 is 5.92 Å². The van der Waals surface area contributed by atoms with Crippen LogP contribution in [0.4, 0.5) is 5.69 Å². The van der Waals surface area contributed by atoms with Crippen molar-refractivity contribution in [2.75, 3.05) is 5.32 Å². The number of halogens is 3. The van der Waals surface area contributed by atoms with Crippen molar-refractivity contribution in [1.82, 2.24) is 14.8 Å². The Morgan fingerprint density at radius 1 is 0.821 bits per heavy atom. The largest absolute Gasteiger partial charge is 0.339 e. The van der Waals surface area contributed by atoms with E-state index >= 15 is 0 Å². The Morgan fingerprint density at radius 3 is 2.18 bits per heavy atom. The summed E-state index contributed by atoms with van der Waals surface area (Å²) in [5, 5.41) is 10.3. The van der Waals surface area contributed by atoms with Gasteiger partial charge in [-0.25, -0.2) is 4.68 Å². The van der Waals surface area contributed by atoms with Crippen molar-refractivity contribution in [2.45, 2.75) is 5.92 Å². The number of para-hydroxylation sites is 1. The van der Waals surface area contributed by atoms with Gasteiger partial charge in [0.05, 0.1) is 22.7 Å². The molecular formula is C31H19BrCl2N4O. The Morgan fingerprint density at radius 2 is 1.49 bits per heavy atom. The van der Waals surface area contributed by atoms with Crippen molar-refractivity contribution < 1.29 is 4.79 Å². The van der Waals surface area contributed by atoms with E-state index in [1.54, 1.807) is 0 Å². The van der Waals surface area contributed by atoms with E-state index in [-0.39, 0.29) is 5.91 Å². The SMILES string of the molecule is O=C1Nc2ccc(Br)cc2C1c1c(-c2ccc(Cl)cc2)[nH]c2c1c(-c1ccc(Cl)cc1)nn2-c1ccccc1. The van der Waals surface area contributed by atoms with Crippen LogP contribution in [0.2, 0.25) is 10.0 Å². The van der Waals surface area contributed by atoms with Gasteiger partial charge in [-0.05, 0) is 65.7 Å². The Bertz CT molecular complexity index is 1880. The number of aromatic amines is 1. The summed E-state index contributed by atoms with van der Waals surface area (Å²) in [7, 11) is 0. The molecule has 2 aromatic heterocycles. The number of nitrogens with one attached hydrogen (secondary N) is 2. The molecule has 0 saturated heterocycles. The maximum absolute atomic E-state index is 13.7. The first-order valence-corrected chi connectivity index (χ1v) is 13.8. The predicted molar refractivity (Wildman–Crippen MR) is 161 cm³/mol. The van der Waals surface area contributed by atoms with Gasteiger partial charge in [-0.2, -0.15) is 5.10 Å². The van der Waals surface area contributed by atoms with Gasteiger partial charge in [-0.3, -0.25) is 4.79 Å². The average molecular weight is 614 g/mol. The number of carbonyl (C=O) groups is 1. The molecule has 6 aromatic rings. The van der Waals surface area contributed by atoms with Crippen LogP contribution in [0.1, 0.15) is 17.0 Å². The van der Waals surface area contributed by atoms with Crippen molar-refractivity contribution in [2.24, 2.45) is 0 Å². The molecule has 0 bridgehead atoms. The van der Waals surface area contributed by atoms with Gasteiger partial charge in [0.25, 0.3) is 0 Å². The van der Waals surface area contributed by atoms with E-state index in [4.69, 9.17) is 28.3 Å². The molecule has 0 spiro atoms. The second-order valence-corrected chi connectivity index (χ2v) is 11.2. The highest BCUT2D eigenvalue weighted by Gasteiger charge is 2.38. The lowest BCUT2D eigenvalue weighted by atomic mass is 9.88. The van der Waals surface area contributed by atoms with Crippen LogP contribution in [0, 0.1) is 0 Å². The normalized spacial score (nSPS) is 14.5. The maximum atomic E-state index is 13.7. The van der Waals surface area contributed by atoms with Gasteiger partial charge in [-0.1, -0.05) is 81.6 Å². The molecular weight excluding hydrogens is 595 g/mol. The molecule has 2 N–H and O–H groups in total. The van der Waals surface area contributed by atoms with Crippen LogP contribution in [0.3, 0.4) is 0 Å². The molecule has 8 heteroatoms. The lowest BCUT2D eigenvalue weighted by molar-refractivity contribution is -0.116. The fourth-order valence-electron chi connectivity index (χ4n) is 5.32. The molecule has 39 heavy (non-hydrogen) atoms. The number of benzene rings is 4. The van der Waals surface area contributed by atoms with Gasteiger partial charge >= 0.3 is 0 Å². The zero-order valence-electron chi connectivity index (χ0n) is 20.3. The Hall–Kier alpha value is -3.84. The molecule has 0 radical (unpaired) electrons. The van der Waals surface area contributed by atoms with Gasteiger partial charge < -0.3 is 10.3 Å². The van der Waals surface area contributed by atoms with Crippen LogP contribution < -0.4 is 5.32 Å². The number of hydrogen-bond acceptors (Lipinski definition) is 2. The molecule has 0 saturated carbocycles. The molecule has 4 aromatic carbocycles. The molecule has 3 heterocycles. The van der Waals surface area contributed by atoms with Crippen molar-refractivity contribution in [3.8, 4) is 28.2 Å². The monoisotopic (exact) mass is 612 g/mol. The molecule has 1 unspecified atom stereocenters. The first-order chi connectivity index (χ1) is 19.0. The fourth-order valence-corrected chi connectivity index (χ4v) is 5.95. The van der Waals surface area contributed by atoms with Crippen molar-refractivity contribution in [3.63, 3.8) is 0 Å². The number of H-pyrrole nitrogens is 1. The summed E-state index contributed by atoms with van der Waals surface area (Å²) >= 11 is 16.1. The standard InChI is InChI=1S/C31H19BrCl2N4O/c32-19-10-15-24-23(16-19)25(31(39)35-24)26-27-29(18-8-13-21(34)14-9-18)37-38(22-4-2-1-3-5-22)30(27)36-28(26)17-6-11-20(33)12-7-17/h1-16,25,36H,(H,35,39). The molecule has 7 rings (SSSR count). The lowest BCUT2D eigenvalue weighted by Gasteiger charge is -2.13. The Kier molecular flexibility index (Phi) is 5.85. The highest BCUT2D eigenvalue weighted by molar-refractivity contribution is 9.10. The summed E-state index contributed by atoms with van der Waals surface area (Å²) in [4.78, 5) is 17.3. The predicted octanol–water partition coefficient (Wildman–Crippen LogP) is 8.84. The second-order valence-electron chi connectivity index (χ2n) is 9.40. The Balaban J connectivity index is 1.61. The van der Waals surface area contributed by atoms with Crippen LogP contribution in [0.25, 0.3) is 39.2 Å². The zero-order valence-corrected chi connectivity index (χ0v) is 23.3. The summed E-state index contributed by atoms with van der Waals surface area (Å²) in [5.41, 5.74) is 7.67. The average Bonchev–Trinajstić information content (AvgIpc) is 3.60. The number of rotatable bonds is 4.